The number of imide groups is 1. The van der Waals surface area contributed by atoms with Gasteiger partial charge in [0.2, 0.25) is 11.8 Å². The van der Waals surface area contributed by atoms with Crippen LogP contribution >= 0.6 is 0 Å². The van der Waals surface area contributed by atoms with E-state index in [1.807, 2.05) is 0 Å². The summed E-state index contributed by atoms with van der Waals surface area (Å²) in [5, 5.41) is 8.81. The molecule has 4 nitrogen and oxygen atoms in total. The van der Waals surface area contributed by atoms with Crippen molar-refractivity contribution < 1.29 is 14.7 Å². The van der Waals surface area contributed by atoms with Gasteiger partial charge in [0.1, 0.15) is 0 Å². The van der Waals surface area contributed by atoms with E-state index in [1.54, 1.807) is 0 Å². The van der Waals surface area contributed by atoms with Crippen molar-refractivity contribution in [3.63, 3.8) is 0 Å². The second-order valence-corrected chi connectivity index (χ2v) is 4.55. The first-order valence-corrected chi connectivity index (χ1v) is 5.38. The lowest BCUT2D eigenvalue weighted by molar-refractivity contribution is -0.141. The number of carbonyl (C=O) groups is 2. The normalized spacial score (nSPS) is 41.8. The molecular formula is C11H13NO3. The summed E-state index contributed by atoms with van der Waals surface area (Å²) in [6.45, 7) is 0.0176. The zero-order valence-electron chi connectivity index (χ0n) is 8.30. The van der Waals surface area contributed by atoms with E-state index in [4.69, 9.17) is 5.11 Å². The summed E-state index contributed by atoms with van der Waals surface area (Å²) in [5.74, 6) is 0.130. The topological polar surface area (TPSA) is 57.6 Å². The molecular weight excluding hydrogens is 194 g/mol. The summed E-state index contributed by atoms with van der Waals surface area (Å²) in [4.78, 5) is 25.1. The Morgan fingerprint density at radius 3 is 2.20 bits per heavy atom. The molecule has 0 unspecified atom stereocenters. The Kier molecular flexibility index (Phi) is 1.77. The van der Waals surface area contributed by atoms with Crippen molar-refractivity contribution in [2.24, 2.45) is 23.7 Å². The van der Waals surface area contributed by atoms with Crippen LogP contribution in [-0.4, -0.2) is 35.0 Å². The van der Waals surface area contributed by atoms with Crippen LogP contribution in [0.1, 0.15) is 6.42 Å². The third-order valence-electron chi connectivity index (χ3n) is 3.89. The molecule has 2 bridgehead atoms. The zero-order valence-corrected chi connectivity index (χ0v) is 8.30. The van der Waals surface area contributed by atoms with Gasteiger partial charge < -0.3 is 5.11 Å². The van der Waals surface area contributed by atoms with Crippen LogP contribution in [0.2, 0.25) is 0 Å². The number of carbonyl (C=O) groups excluding carboxylic acids is 2. The molecule has 1 heterocycles. The van der Waals surface area contributed by atoms with E-state index in [0.29, 0.717) is 0 Å². The van der Waals surface area contributed by atoms with Gasteiger partial charge in [-0.1, -0.05) is 12.2 Å². The second-order valence-electron chi connectivity index (χ2n) is 4.55. The highest BCUT2D eigenvalue weighted by Crippen LogP contribution is 2.52. The minimum atomic E-state index is -0.139. The predicted molar refractivity (Wildman–Crippen MR) is 51.5 cm³/mol. The first-order valence-electron chi connectivity index (χ1n) is 5.38. The lowest BCUT2D eigenvalue weighted by Crippen LogP contribution is -2.35. The van der Waals surface area contributed by atoms with Gasteiger partial charge in [0.05, 0.1) is 25.0 Å². The van der Waals surface area contributed by atoms with Gasteiger partial charge >= 0.3 is 0 Å². The van der Waals surface area contributed by atoms with Crippen molar-refractivity contribution >= 4 is 11.8 Å². The number of hydrogen-bond donors (Lipinski definition) is 1. The molecule has 1 saturated heterocycles. The summed E-state index contributed by atoms with van der Waals surface area (Å²) >= 11 is 0. The molecule has 0 aromatic rings. The van der Waals surface area contributed by atoms with Crippen LogP contribution < -0.4 is 0 Å². The summed E-state index contributed by atoms with van der Waals surface area (Å²) in [7, 11) is 0. The maximum absolute atomic E-state index is 11.9. The zero-order chi connectivity index (χ0) is 10.6. The molecule has 0 radical (unpaired) electrons. The molecule has 2 aliphatic carbocycles. The van der Waals surface area contributed by atoms with E-state index >= 15 is 0 Å². The fourth-order valence-electron chi connectivity index (χ4n) is 3.28. The SMILES string of the molecule is O=C1[C@@H]2[C@@H](C(=O)N1CCO)[C@H]1C=C[C@@H]2C1. The largest absolute Gasteiger partial charge is 0.395 e. The lowest BCUT2D eigenvalue weighted by atomic mass is 9.85. The van der Waals surface area contributed by atoms with Crippen LogP contribution in [0.4, 0.5) is 0 Å². The van der Waals surface area contributed by atoms with E-state index < -0.39 is 0 Å². The number of aliphatic hydroxyl groups excluding tert-OH is 1. The number of allylic oxidation sites excluding steroid dienone is 2. The summed E-state index contributed by atoms with van der Waals surface area (Å²) in [6, 6.07) is 0. The number of likely N-dealkylation sites (tertiary alicyclic amines) is 1. The predicted octanol–water partition coefficient (Wildman–Crippen LogP) is -0.214. The van der Waals surface area contributed by atoms with Crippen LogP contribution in [0.25, 0.3) is 0 Å². The van der Waals surface area contributed by atoms with E-state index in [9.17, 15) is 9.59 Å². The van der Waals surface area contributed by atoms with Crippen LogP contribution in [0.15, 0.2) is 12.2 Å². The number of amides is 2. The van der Waals surface area contributed by atoms with Crippen LogP contribution in [0.3, 0.4) is 0 Å². The van der Waals surface area contributed by atoms with E-state index in [-0.39, 0.29) is 48.6 Å². The second kappa shape index (κ2) is 2.92. The average Bonchev–Trinajstić information content (AvgIpc) is 2.87. The maximum Gasteiger partial charge on any atom is 0.233 e. The highest BCUT2D eigenvalue weighted by Gasteiger charge is 2.58. The van der Waals surface area contributed by atoms with Crippen molar-refractivity contribution in [3.05, 3.63) is 12.2 Å². The number of aliphatic hydroxyl groups is 1. The minimum absolute atomic E-state index is 0.0732. The molecule has 2 amide bonds. The van der Waals surface area contributed by atoms with Gasteiger partial charge in [-0.05, 0) is 18.3 Å². The minimum Gasteiger partial charge on any atom is -0.395 e. The van der Waals surface area contributed by atoms with Gasteiger partial charge in [0, 0.05) is 0 Å². The first-order chi connectivity index (χ1) is 7.24. The van der Waals surface area contributed by atoms with Crippen molar-refractivity contribution in [2.75, 3.05) is 13.2 Å². The lowest BCUT2D eigenvalue weighted by Gasteiger charge is -2.15. The van der Waals surface area contributed by atoms with E-state index in [2.05, 4.69) is 12.2 Å². The standard InChI is InChI=1S/C11H13NO3/c13-4-3-12-10(14)8-6-1-2-7(5-6)9(8)11(12)15/h1-2,6-9,13H,3-5H2/t6-,7+,8-,9-/m0/s1. The third kappa shape index (κ3) is 1.00. The summed E-state index contributed by atoms with van der Waals surface area (Å²) < 4.78 is 0. The molecule has 0 aromatic heterocycles. The molecule has 3 aliphatic rings. The van der Waals surface area contributed by atoms with E-state index in [1.165, 1.54) is 4.90 Å². The van der Waals surface area contributed by atoms with Gasteiger partial charge in [-0.3, -0.25) is 14.5 Å². The molecule has 0 spiro atoms. The van der Waals surface area contributed by atoms with Crippen LogP contribution in [0, 0.1) is 23.7 Å². The Balaban J connectivity index is 1.93. The molecule has 1 N–H and O–H groups in total. The van der Waals surface area contributed by atoms with Gasteiger partial charge in [0.25, 0.3) is 0 Å². The van der Waals surface area contributed by atoms with Crippen molar-refractivity contribution in [2.45, 2.75) is 6.42 Å². The third-order valence-corrected chi connectivity index (χ3v) is 3.89. The number of nitrogens with zero attached hydrogens (tertiary/aromatic N) is 1. The fraction of sp³-hybridized carbons (Fsp3) is 0.636. The Hall–Kier alpha value is -1.16. The quantitative estimate of drug-likeness (QED) is 0.503. The van der Waals surface area contributed by atoms with Crippen molar-refractivity contribution in [3.8, 4) is 0 Å². The molecule has 1 aliphatic heterocycles. The summed E-state index contributed by atoms with van der Waals surface area (Å²) in [6.07, 6.45) is 5.10. The highest BCUT2D eigenvalue weighted by molar-refractivity contribution is 6.06. The molecule has 3 rings (SSSR count). The Morgan fingerprint density at radius 2 is 1.73 bits per heavy atom. The monoisotopic (exact) mass is 207 g/mol. The molecule has 0 aromatic carbocycles. The summed E-state index contributed by atoms with van der Waals surface area (Å²) in [5.41, 5.74) is 0. The van der Waals surface area contributed by atoms with Gasteiger partial charge in [-0.25, -0.2) is 0 Å². The van der Waals surface area contributed by atoms with E-state index in [0.717, 1.165) is 6.42 Å². The molecule has 4 heteroatoms. The molecule has 2 fully saturated rings. The van der Waals surface area contributed by atoms with Crippen molar-refractivity contribution in [1.29, 1.82) is 0 Å². The highest BCUT2D eigenvalue weighted by atomic mass is 16.3. The average molecular weight is 207 g/mol. The molecule has 1 saturated carbocycles. The van der Waals surface area contributed by atoms with Crippen LogP contribution in [-0.2, 0) is 9.59 Å². The Morgan fingerprint density at radius 1 is 1.20 bits per heavy atom. The first kappa shape index (κ1) is 9.09. The molecule has 15 heavy (non-hydrogen) atoms. The Bertz CT molecular complexity index is 333. The number of hydrogen-bond acceptors (Lipinski definition) is 3. The number of fused-ring (bicyclic) bond motifs is 5. The maximum atomic E-state index is 11.9. The fourth-order valence-corrected chi connectivity index (χ4v) is 3.28. The number of rotatable bonds is 2. The molecule has 80 valence electrons. The van der Waals surface area contributed by atoms with Gasteiger partial charge in [0.15, 0.2) is 0 Å². The Labute approximate surface area is 87.6 Å². The van der Waals surface area contributed by atoms with Gasteiger partial charge in [-0.15, -0.1) is 0 Å². The van der Waals surface area contributed by atoms with Gasteiger partial charge in [-0.2, -0.15) is 0 Å². The number of β-amino-alcohol motifs (C(OH)–C–C–N with tert-alkyl or cyclic N) is 1. The smallest absolute Gasteiger partial charge is 0.233 e. The van der Waals surface area contributed by atoms with Crippen molar-refractivity contribution in [1.82, 2.24) is 4.90 Å². The molecule has 4 atom stereocenters. The van der Waals surface area contributed by atoms with Crippen LogP contribution in [0.5, 0.6) is 0 Å².